The molecule has 1 aromatic carbocycles. The van der Waals surface area contributed by atoms with Gasteiger partial charge in [0, 0.05) is 31.3 Å². The quantitative estimate of drug-likeness (QED) is 0.745. The Morgan fingerprint density at radius 1 is 1.10 bits per heavy atom. The van der Waals surface area contributed by atoms with E-state index in [0.717, 1.165) is 24.0 Å². The average Bonchev–Trinajstić information content (AvgIpc) is 2.75. The van der Waals surface area contributed by atoms with Crippen LogP contribution in [0.5, 0.6) is 0 Å². The third-order valence-corrected chi connectivity index (χ3v) is 5.52. The molecule has 2 aromatic heterocycles. The molecule has 29 heavy (non-hydrogen) atoms. The minimum absolute atomic E-state index is 0.133. The van der Waals surface area contributed by atoms with Crippen molar-refractivity contribution in [3.63, 3.8) is 0 Å². The van der Waals surface area contributed by atoms with Gasteiger partial charge in [-0.05, 0) is 43.0 Å². The summed E-state index contributed by atoms with van der Waals surface area (Å²) in [6, 6.07) is 15.0. The van der Waals surface area contributed by atoms with Gasteiger partial charge in [-0.3, -0.25) is 14.6 Å². The topological polar surface area (TPSA) is 79.0 Å². The zero-order valence-corrected chi connectivity index (χ0v) is 16.5. The number of amides is 1. The van der Waals surface area contributed by atoms with E-state index in [1.165, 1.54) is 6.07 Å². The van der Waals surface area contributed by atoms with Crippen LogP contribution in [0.1, 0.15) is 35.7 Å². The number of aryl methyl sites for hydroxylation is 1. The molecule has 1 saturated heterocycles. The first-order valence-electron chi connectivity index (χ1n) is 9.95. The summed E-state index contributed by atoms with van der Waals surface area (Å²) < 4.78 is 0. The van der Waals surface area contributed by atoms with Crippen LogP contribution in [0.15, 0.2) is 59.5 Å². The van der Waals surface area contributed by atoms with Crippen molar-refractivity contribution in [2.24, 2.45) is 0 Å². The molecular formula is C23H24N4O2. The Kier molecular flexibility index (Phi) is 5.51. The van der Waals surface area contributed by atoms with Crippen molar-refractivity contribution < 1.29 is 4.79 Å². The predicted molar refractivity (Wildman–Crippen MR) is 112 cm³/mol. The fourth-order valence-electron chi connectivity index (χ4n) is 3.80. The summed E-state index contributed by atoms with van der Waals surface area (Å²) in [7, 11) is 0. The standard InChI is InChI=1S/C23H24N4O2/c1-16-6-2-3-7-18(16)14-22(29)27-12-9-17(10-13-27)23-25-20(15-21(28)26-23)19-8-4-5-11-24-19/h2-8,11,15,17H,9-10,12-14H2,1H3,(H,25,26,28). The van der Waals surface area contributed by atoms with Crippen LogP contribution in [0, 0.1) is 6.92 Å². The highest BCUT2D eigenvalue weighted by atomic mass is 16.2. The van der Waals surface area contributed by atoms with Crippen molar-refractivity contribution in [3.05, 3.63) is 82.0 Å². The Balaban J connectivity index is 1.43. The smallest absolute Gasteiger partial charge is 0.251 e. The summed E-state index contributed by atoms with van der Waals surface area (Å²) in [6.07, 6.45) is 3.69. The van der Waals surface area contributed by atoms with Crippen molar-refractivity contribution in [3.8, 4) is 11.4 Å². The fraction of sp³-hybridized carbons (Fsp3) is 0.304. The van der Waals surface area contributed by atoms with Crippen molar-refractivity contribution in [2.75, 3.05) is 13.1 Å². The number of nitrogens with zero attached hydrogens (tertiary/aromatic N) is 3. The molecule has 0 saturated carbocycles. The number of carbonyl (C=O) groups is 1. The number of carbonyl (C=O) groups excluding carboxylic acids is 1. The Morgan fingerprint density at radius 2 is 1.86 bits per heavy atom. The second-order valence-electron chi connectivity index (χ2n) is 7.49. The van der Waals surface area contributed by atoms with Crippen LogP contribution in [0.2, 0.25) is 0 Å². The summed E-state index contributed by atoms with van der Waals surface area (Å²) >= 11 is 0. The van der Waals surface area contributed by atoms with Crippen LogP contribution in [0.4, 0.5) is 0 Å². The van der Waals surface area contributed by atoms with Gasteiger partial charge in [0.15, 0.2) is 0 Å². The minimum atomic E-state index is -0.172. The van der Waals surface area contributed by atoms with Gasteiger partial charge in [-0.25, -0.2) is 4.98 Å². The summed E-state index contributed by atoms with van der Waals surface area (Å²) in [5.74, 6) is 0.972. The molecule has 6 heteroatoms. The number of aromatic nitrogens is 3. The molecule has 4 rings (SSSR count). The van der Waals surface area contributed by atoms with E-state index in [1.54, 1.807) is 6.20 Å². The molecule has 1 aliphatic rings. The number of nitrogens with one attached hydrogen (secondary N) is 1. The van der Waals surface area contributed by atoms with Crippen molar-refractivity contribution in [2.45, 2.75) is 32.1 Å². The van der Waals surface area contributed by atoms with E-state index in [2.05, 4.69) is 15.0 Å². The summed E-state index contributed by atoms with van der Waals surface area (Å²) in [4.78, 5) is 38.6. The van der Waals surface area contributed by atoms with E-state index in [1.807, 2.05) is 54.3 Å². The van der Waals surface area contributed by atoms with Gasteiger partial charge in [0.05, 0.1) is 17.8 Å². The van der Waals surface area contributed by atoms with E-state index >= 15 is 0 Å². The number of likely N-dealkylation sites (tertiary alicyclic amines) is 1. The van der Waals surface area contributed by atoms with Crippen molar-refractivity contribution >= 4 is 5.91 Å². The van der Waals surface area contributed by atoms with Crippen LogP contribution in [-0.2, 0) is 11.2 Å². The maximum Gasteiger partial charge on any atom is 0.251 e. The van der Waals surface area contributed by atoms with Crippen molar-refractivity contribution in [1.29, 1.82) is 0 Å². The van der Waals surface area contributed by atoms with E-state index in [9.17, 15) is 9.59 Å². The number of pyridine rings is 1. The van der Waals surface area contributed by atoms with Crippen LogP contribution >= 0.6 is 0 Å². The number of rotatable bonds is 4. The predicted octanol–water partition coefficient (Wildman–Crippen LogP) is 3.09. The van der Waals surface area contributed by atoms with Gasteiger partial charge < -0.3 is 9.88 Å². The Hall–Kier alpha value is -3.28. The summed E-state index contributed by atoms with van der Waals surface area (Å²) in [5.41, 5.74) is 3.32. The molecule has 0 aliphatic carbocycles. The third kappa shape index (κ3) is 4.42. The zero-order valence-electron chi connectivity index (χ0n) is 16.5. The number of aromatic amines is 1. The lowest BCUT2D eigenvalue weighted by Gasteiger charge is -2.31. The lowest BCUT2D eigenvalue weighted by atomic mass is 9.95. The molecule has 6 nitrogen and oxygen atoms in total. The number of hydrogen-bond acceptors (Lipinski definition) is 4. The highest BCUT2D eigenvalue weighted by Crippen LogP contribution is 2.26. The number of hydrogen-bond donors (Lipinski definition) is 1. The highest BCUT2D eigenvalue weighted by molar-refractivity contribution is 5.79. The largest absolute Gasteiger partial charge is 0.342 e. The number of H-pyrrole nitrogens is 1. The van der Waals surface area contributed by atoms with E-state index in [4.69, 9.17) is 0 Å². The first-order chi connectivity index (χ1) is 14.1. The molecule has 3 heterocycles. The van der Waals surface area contributed by atoms with Crippen LogP contribution < -0.4 is 5.56 Å². The Labute approximate surface area is 169 Å². The summed E-state index contributed by atoms with van der Waals surface area (Å²) in [6.45, 7) is 3.38. The second kappa shape index (κ2) is 8.39. The van der Waals surface area contributed by atoms with Crippen LogP contribution in [-0.4, -0.2) is 38.8 Å². The van der Waals surface area contributed by atoms with Gasteiger partial charge in [0.1, 0.15) is 5.82 Å². The Morgan fingerprint density at radius 3 is 2.59 bits per heavy atom. The molecule has 1 fully saturated rings. The molecule has 1 aliphatic heterocycles. The maximum atomic E-state index is 12.7. The van der Waals surface area contributed by atoms with Crippen LogP contribution in [0.3, 0.4) is 0 Å². The molecule has 0 unspecified atom stereocenters. The SMILES string of the molecule is Cc1ccccc1CC(=O)N1CCC(c2nc(-c3ccccn3)cc(=O)[nH]2)CC1. The molecule has 0 atom stereocenters. The van der Waals surface area contributed by atoms with Gasteiger partial charge >= 0.3 is 0 Å². The molecule has 0 spiro atoms. The molecule has 0 radical (unpaired) electrons. The van der Waals surface area contributed by atoms with Gasteiger partial charge in [-0.2, -0.15) is 0 Å². The Bertz CT molecular complexity index is 1050. The van der Waals surface area contributed by atoms with E-state index in [-0.39, 0.29) is 17.4 Å². The molecule has 0 bridgehead atoms. The summed E-state index contributed by atoms with van der Waals surface area (Å²) in [5, 5.41) is 0. The lowest BCUT2D eigenvalue weighted by Crippen LogP contribution is -2.39. The fourth-order valence-corrected chi connectivity index (χ4v) is 3.80. The molecular weight excluding hydrogens is 364 g/mol. The molecule has 1 amide bonds. The first-order valence-corrected chi connectivity index (χ1v) is 9.95. The zero-order chi connectivity index (χ0) is 20.2. The third-order valence-electron chi connectivity index (χ3n) is 5.52. The average molecular weight is 388 g/mol. The van der Waals surface area contributed by atoms with Gasteiger partial charge in [0.2, 0.25) is 5.91 Å². The normalized spacial score (nSPS) is 14.7. The number of piperidine rings is 1. The minimum Gasteiger partial charge on any atom is -0.342 e. The molecule has 3 aromatic rings. The van der Waals surface area contributed by atoms with Gasteiger partial charge in [-0.1, -0.05) is 30.3 Å². The van der Waals surface area contributed by atoms with Gasteiger partial charge in [0.25, 0.3) is 5.56 Å². The lowest BCUT2D eigenvalue weighted by molar-refractivity contribution is -0.131. The monoisotopic (exact) mass is 388 g/mol. The van der Waals surface area contributed by atoms with Crippen molar-refractivity contribution in [1.82, 2.24) is 19.9 Å². The highest BCUT2D eigenvalue weighted by Gasteiger charge is 2.26. The second-order valence-corrected chi connectivity index (χ2v) is 7.49. The van der Waals surface area contributed by atoms with E-state index < -0.39 is 0 Å². The molecule has 1 N–H and O–H groups in total. The number of benzene rings is 1. The molecule has 148 valence electrons. The van der Waals surface area contributed by atoms with Gasteiger partial charge in [-0.15, -0.1) is 0 Å². The maximum absolute atomic E-state index is 12.7. The van der Waals surface area contributed by atoms with Crippen LogP contribution in [0.25, 0.3) is 11.4 Å². The van der Waals surface area contributed by atoms with E-state index in [0.29, 0.717) is 36.7 Å². The first kappa shape index (κ1) is 19.1.